The molecular formula is C10H15N3S. The molecule has 2 saturated carbocycles. The van der Waals surface area contributed by atoms with Crippen molar-refractivity contribution >= 4 is 16.7 Å². The van der Waals surface area contributed by atoms with Gasteiger partial charge in [0.05, 0.1) is 0 Å². The molecule has 76 valence electrons. The molecule has 0 atom stereocenters. The zero-order valence-electron chi connectivity index (χ0n) is 8.42. The van der Waals surface area contributed by atoms with E-state index in [1.165, 1.54) is 37.2 Å². The van der Waals surface area contributed by atoms with Crippen LogP contribution in [-0.4, -0.2) is 15.9 Å². The SMILES string of the molecule is CC1(CNc2nc(C3CC3)ns2)CC1. The van der Waals surface area contributed by atoms with Gasteiger partial charge in [0.15, 0.2) is 0 Å². The van der Waals surface area contributed by atoms with Gasteiger partial charge >= 0.3 is 0 Å². The first kappa shape index (κ1) is 8.65. The quantitative estimate of drug-likeness (QED) is 0.828. The fourth-order valence-corrected chi connectivity index (χ4v) is 2.13. The molecule has 0 saturated heterocycles. The van der Waals surface area contributed by atoms with Crippen molar-refractivity contribution in [2.45, 2.75) is 38.5 Å². The smallest absolute Gasteiger partial charge is 0.202 e. The maximum absolute atomic E-state index is 4.50. The molecule has 0 unspecified atom stereocenters. The Morgan fingerprint density at radius 1 is 1.50 bits per heavy atom. The molecule has 1 aromatic heterocycles. The molecule has 1 N–H and O–H groups in total. The average molecular weight is 209 g/mol. The van der Waals surface area contributed by atoms with E-state index in [-0.39, 0.29) is 0 Å². The van der Waals surface area contributed by atoms with Crippen LogP contribution in [0.5, 0.6) is 0 Å². The van der Waals surface area contributed by atoms with Gasteiger partial charge in [0.25, 0.3) is 0 Å². The Morgan fingerprint density at radius 3 is 2.93 bits per heavy atom. The highest BCUT2D eigenvalue weighted by molar-refractivity contribution is 7.09. The third-order valence-corrected chi connectivity index (χ3v) is 3.84. The second-order valence-corrected chi connectivity index (χ2v) is 5.65. The van der Waals surface area contributed by atoms with Crippen molar-refractivity contribution in [1.29, 1.82) is 0 Å². The summed E-state index contributed by atoms with van der Waals surface area (Å²) in [6.07, 6.45) is 5.28. The zero-order valence-corrected chi connectivity index (χ0v) is 9.23. The van der Waals surface area contributed by atoms with Crippen LogP contribution in [0.15, 0.2) is 0 Å². The molecule has 4 heteroatoms. The molecule has 2 fully saturated rings. The van der Waals surface area contributed by atoms with Crippen molar-refractivity contribution in [2.75, 3.05) is 11.9 Å². The average Bonchev–Trinajstić information content (AvgIpc) is 3.08. The Morgan fingerprint density at radius 2 is 2.29 bits per heavy atom. The third-order valence-electron chi connectivity index (χ3n) is 3.15. The summed E-state index contributed by atoms with van der Waals surface area (Å²) in [7, 11) is 0. The number of rotatable bonds is 4. The van der Waals surface area contributed by atoms with Crippen LogP contribution in [0, 0.1) is 5.41 Å². The first-order chi connectivity index (χ1) is 6.75. The van der Waals surface area contributed by atoms with Gasteiger partial charge < -0.3 is 5.32 Å². The van der Waals surface area contributed by atoms with E-state index in [0.717, 1.165) is 17.5 Å². The molecule has 1 heterocycles. The predicted octanol–water partition coefficient (Wildman–Crippen LogP) is 2.63. The van der Waals surface area contributed by atoms with E-state index in [0.29, 0.717) is 11.3 Å². The van der Waals surface area contributed by atoms with Gasteiger partial charge in [0, 0.05) is 24.0 Å². The minimum atomic E-state index is 0.547. The van der Waals surface area contributed by atoms with Crippen LogP contribution >= 0.6 is 11.5 Å². The lowest BCUT2D eigenvalue weighted by Gasteiger charge is -2.07. The number of hydrogen-bond donors (Lipinski definition) is 1. The highest BCUT2D eigenvalue weighted by Crippen LogP contribution is 2.45. The van der Waals surface area contributed by atoms with Gasteiger partial charge in [-0.25, -0.2) is 4.98 Å². The Bertz CT molecular complexity index is 339. The summed E-state index contributed by atoms with van der Waals surface area (Å²) in [4.78, 5) is 4.50. The van der Waals surface area contributed by atoms with E-state index < -0.39 is 0 Å². The number of nitrogens with zero attached hydrogens (tertiary/aromatic N) is 2. The molecule has 3 rings (SSSR count). The summed E-state index contributed by atoms with van der Waals surface area (Å²) in [6.45, 7) is 3.38. The zero-order chi connectivity index (χ0) is 9.60. The molecule has 0 aliphatic heterocycles. The minimum absolute atomic E-state index is 0.547. The maximum atomic E-state index is 4.50. The van der Waals surface area contributed by atoms with Gasteiger partial charge in [-0.05, 0) is 31.1 Å². The molecule has 0 aromatic carbocycles. The summed E-state index contributed by atoms with van der Waals surface area (Å²) in [6, 6.07) is 0. The molecule has 0 bridgehead atoms. The van der Waals surface area contributed by atoms with E-state index >= 15 is 0 Å². The molecule has 2 aliphatic rings. The largest absolute Gasteiger partial charge is 0.360 e. The number of aromatic nitrogens is 2. The third kappa shape index (κ3) is 1.75. The van der Waals surface area contributed by atoms with Crippen molar-refractivity contribution in [3.63, 3.8) is 0 Å². The Hall–Kier alpha value is -0.640. The molecule has 0 radical (unpaired) electrons. The number of hydrogen-bond acceptors (Lipinski definition) is 4. The van der Waals surface area contributed by atoms with Crippen LogP contribution in [0.3, 0.4) is 0 Å². The standard InChI is InChI=1S/C10H15N3S/c1-10(4-5-10)6-11-9-12-8(13-14-9)7-2-3-7/h7H,2-6H2,1H3,(H,11,12,13). The lowest BCUT2D eigenvalue weighted by atomic mass is 10.1. The Labute approximate surface area is 88.1 Å². The van der Waals surface area contributed by atoms with E-state index in [9.17, 15) is 0 Å². The van der Waals surface area contributed by atoms with Crippen LogP contribution in [-0.2, 0) is 0 Å². The minimum Gasteiger partial charge on any atom is -0.360 e. The van der Waals surface area contributed by atoms with Crippen molar-refractivity contribution in [1.82, 2.24) is 9.36 Å². The van der Waals surface area contributed by atoms with Crippen molar-refractivity contribution in [2.24, 2.45) is 5.41 Å². The van der Waals surface area contributed by atoms with Gasteiger partial charge in [0.2, 0.25) is 5.13 Å². The first-order valence-corrected chi connectivity index (χ1v) is 6.10. The van der Waals surface area contributed by atoms with E-state index in [4.69, 9.17) is 0 Å². The molecule has 14 heavy (non-hydrogen) atoms. The van der Waals surface area contributed by atoms with Crippen molar-refractivity contribution in [3.8, 4) is 0 Å². The summed E-state index contributed by atoms with van der Waals surface area (Å²) >= 11 is 1.51. The van der Waals surface area contributed by atoms with Gasteiger partial charge in [-0.15, -0.1) is 0 Å². The van der Waals surface area contributed by atoms with Crippen molar-refractivity contribution in [3.05, 3.63) is 5.82 Å². The Kier molecular flexibility index (Phi) is 1.81. The number of nitrogens with one attached hydrogen (secondary N) is 1. The van der Waals surface area contributed by atoms with Crippen LogP contribution < -0.4 is 5.32 Å². The molecule has 2 aliphatic carbocycles. The summed E-state index contributed by atoms with van der Waals surface area (Å²) in [5, 5.41) is 4.41. The van der Waals surface area contributed by atoms with Gasteiger partial charge in [-0.2, -0.15) is 4.37 Å². The normalized spacial score (nSPS) is 23.5. The molecule has 1 aromatic rings. The van der Waals surface area contributed by atoms with E-state index in [2.05, 4.69) is 21.6 Å². The fraction of sp³-hybridized carbons (Fsp3) is 0.800. The summed E-state index contributed by atoms with van der Waals surface area (Å²) < 4.78 is 4.37. The van der Waals surface area contributed by atoms with E-state index in [1.54, 1.807) is 0 Å². The summed E-state index contributed by atoms with van der Waals surface area (Å²) in [5.41, 5.74) is 0.547. The predicted molar refractivity (Wildman–Crippen MR) is 57.7 cm³/mol. The van der Waals surface area contributed by atoms with Gasteiger partial charge in [-0.3, -0.25) is 0 Å². The molecule has 0 spiro atoms. The lowest BCUT2D eigenvalue weighted by molar-refractivity contribution is 0.610. The van der Waals surface area contributed by atoms with Crippen LogP contribution in [0.4, 0.5) is 5.13 Å². The maximum Gasteiger partial charge on any atom is 0.202 e. The second kappa shape index (κ2) is 2.92. The van der Waals surface area contributed by atoms with Crippen LogP contribution in [0.1, 0.15) is 44.3 Å². The van der Waals surface area contributed by atoms with Crippen LogP contribution in [0.25, 0.3) is 0 Å². The first-order valence-electron chi connectivity index (χ1n) is 5.33. The van der Waals surface area contributed by atoms with Gasteiger partial charge in [0.1, 0.15) is 5.82 Å². The second-order valence-electron chi connectivity index (χ2n) is 4.90. The fourth-order valence-electron chi connectivity index (χ4n) is 1.49. The van der Waals surface area contributed by atoms with Crippen molar-refractivity contribution < 1.29 is 0 Å². The molecule has 0 amide bonds. The highest BCUT2D eigenvalue weighted by atomic mass is 32.1. The monoisotopic (exact) mass is 209 g/mol. The lowest BCUT2D eigenvalue weighted by Crippen LogP contribution is -2.11. The molecule has 3 nitrogen and oxygen atoms in total. The topological polar surface area (TPSA) is 37.8 Å². The number of anilines is 1. The molecular weight excluding hydrogens is 194 g/mol. The van der Waals surface area contributed by atoms with E-state index in [1.807, 2.05) is 0 Å². The Balaban J connectivity index is 1.59. The van der Waals surface area contributed by atoms with Crippen LogP contribution in [0.2, 0.25) is 0 Å². The highest BCUT2D eigenvalue weighted by Gasteiger charge is 2.37. The van der Waals surface area contributed by atoms with Gasteiger partial charge in [-0.1, -0.05) is 6.92 Å². The summed E-state index contributed by atoms with van der Waals surface area (Å²) in [5.74, 6) is 1.75.